The molecule has 0 saturated heterocycles. The van der Waals surface area contributed by atoms with Crippen molar-refractivity contribution in [3.05, 3.63) is 29.3 Å². The number of aryl methyl sites for hydroxylation is 1. The molecule has 0 aliphatic heterocycles. The minimum atomic E-state index is 0.567. The van der Waals surface area contributed by atoms with Gasteiger partial charge >= 0.3 is 0 Å². The maximum atomic E-state index is 8.70. The van der Waals surface area contributed by atoms with E-state index < -0.39 is 0 Å². The van der Waals surface area contributed by atoms with Crippen molar-refractivity contribution >= 4 is 5.71 Å². The Morgan fingerprint density at radius 1 is 1.50 bits per heavy atom. The molecular weight excluding hydrogens is 178 g/mol. The number of ether oxygens (including phenoxy) is 1. The normalized spacial score (nSPS) is 11.5. The van der Waals surface area contributed by atoms with E-state index in [1.165, 1.54) is 0 Å². The van der Waals surface area contributed by atoms with Crippen LogP contribution in [0.25, 0.3) is 0 Å². The van der Waals surface area contributed by atoms with Crippen LogP contribution < -0.4 is 4.74 Å². The molecule has 14 heavy (non-hydrogen) atoms. The lowest BCUT2D eigenvalue weighted by molar-refractivity contribution is 0.317. The first-order valence-electron chi connectivity index (χ1n) is 4.62. The molecule has 0 unspecified atom stereocenters. The lowest BCUT2D eigenvalue weighted by atomic mass is 10.1. The van der Waals surface area contributed by atoms with Gasteiger partial charge in [0.2, 0.25) is 0 Å². The van der Waals surface area contributed by atoms with Crippen molar-refractivity contribution < 1.29 is 9.94 Å². The summed E-state index contributed by atoms with van der Waals surface area (Å²) >= 11 is 0. The minimum Gasteiger partial charge on any atom is -0.493 e. The first-order valence-corrected chi connectivity index (χ1v) is 4.62. The summed E-state index contributed by atoms with van der Waals surface area (Å²) in [7, 11) is 0. The summed E-state index contributed by atoms with van der Waals surface area (Å²) in [6.45, 7) is 6.26. The third-order valence-electron chi connectivity index (χ3n) is 2.04. The molecule has 1 aromatic carbocycles. The minimum absolute atomic E-state index is 0.567. The zero-order chi connectivity index (χ0) is 10.6. The van der Waals surface area contributed by atoms with Crippen molar-refractivity contribution in [2.45, 2.75) is 20.8 Å². The van der Waals surface area contributed by atoms with E-state index in [0.29, 0.717) is 12.3 Å². The van der Waals surface area contributed by atoms with Crippen LogP contribution in [0.3, 0.4) is 0 Å². The maximum absolute atomic E-state index is 8.70. The molecule has 0 aliphatic rings. The molecule has 76 valence electrons. The van der Waals surface area contributed by atoms with Crippen molar-refractivity contribution in [3.63, 3.8) is 0 Å². The highest BCUT2D eigenvalue weighted by molar-refractivity contribution is 6.01. The molecule has 0 saturated carbocycles. The van der Waals surface area contributed by atoms with Crippen molar-refractivity contribution in [2.75, 3.05) is 6.61 Å². The van der Waals surface area contributed by atoms with Crippen LogP contribution >= 0.6 is 0 Å². The first-order chi connectivity index (χ1) is 6.70. The number of hydrogen-bond donors (Lipinski definition) is 1. The summed E-state index contributed by atoms with van der Waals surface area (Å²) in [6.07, 6.45) is 0. The van der Waals surface area contributed by atoms with Crippen LogP contribution in [-0.2, 0) is 0 Å². The predicted molar refractivity (Wildman–Crippen MR) is 56.3 cm³/mol. The molecule has 0 aliphatic carbocycles. The van der Waals surface area contributed by atoms with Gasteiger partial charge < -0.3 is 9.94 Å². The van der Waals surface area contributed by atoms with E-state index in [4.69, 9.17) is 9.94 Å². The number of para-hydroxylation sites is 1. The molecule has 3 nitrogen and oxygen atoms in total. The van der Waals surface area contributed by atoms with Crippen LogP contribution in [0.15, 0.2) is 23.4 Å². The quantitative estimate of drug-likeness (QED) is 0.455. The molecule has 1 aromatic rings. The van der Waals surface area contributed by atoms with Gasteiger partial charge in [0.25, 0.3) is 0 Å². The second kappa shape index (κ2) is 4.65. The highest BCUT2D eigenvalue weighted by Gasteiger charge is 2.08. The van der Waals surface area contributed by atoms with E-state index in [2.05, 4.69) is 5.16 Å². The SMILES string of the molecule is CCOc1c(C)cccc1/C(C)=N/O. The van der Waals surface area contributed by atoms with Crippen LogP contribution in [0.5, 0.6) is 5.75 Å². The van der Waals surface area contributed by atoms with Gasteiger partial charge in [0.1, 0.15) is 5.75 Å². The average molecular weight is 193 g/mol. The smallest absolute Gasteiger partial charge is 0.131 e. The fourth-order valence-corrected chi connectivity index (χ4v) is 1.33. The molecule has 0 radical (unpaired) electrons. The van der Waals surface area contributed by atoms with Gasteiger partial charge in [-0.2, -0.15) is 0 Å². The predicted octanol–water partition coefficient (Wildman–Crippen LogP) is 2.59. The van der Waals surface area contributed by atoms with Gasteiger partial charge in [-0.1, -0.05) is 17.3 Å². The summed E-state index contributed by atoms with van der Waals surface area (Å²) in [4.78, 5) is 0. The number of hydrogen-bond acceptors (Lipinski definition) is 3. The Bertz CT molecular complexity index is 345. The molecule has 0 heterocycles. The van der Waals surface area contributed by atoms with Crippen molar-refractivity contribution in [2.24, 2.45) is 5.16 Å². The highest BCUT2D eigenvalue weighted by Crippen LogP contribution is 2.23. The third kappa shape index (κ3) is 2.05. The van der Waals surface area contributed by atoms with Gasteiger partial charge in [-0.15, -0.1) is 0 Å². The number of rotatable bonds is 3. The van der Waals surface area contributed by atoms with E-state index in [1.54, 1.807) is 6.92 Å². The third-order valence-corrected chi connectivity index (χ3v) is 2.04. The number of oxime groups is 1. The zero-order valence-corrected chi connectivity index (χ0v) is 8.74. The van der Waals surface area contributed by atoms with Gasteiger partial charge in [-0.05, 0) is 32.4 Å². The fourth-order valence-electron chi connectivity index (χ4n) is 1.33. The summed E-state index contributed by atoms with van der Waals surface area (Å²) in [6, 6.07) is 5.77. The van der Waals surface area contributed by atoms with Crippen molar-refractivity contribution in [3.8, 4) is 5.75 Å². The lowest BCUT2D eigenvalue weighted by Gasteiger charge is -2.11. The second-order valence-corrected chi connectivity index (χ2v) is 3.07. The standard InChI is InChI=1S/C11H15NO2/c1-4-14-11-8(2)6-5-7-10(11)9(3)12-13/h5-7,13H,4H2,1-3H3/b12-9+. The Hall–Kier alpha value is -1.51. The Kier molecular flexibility index (Phi) is 3.51. The van der Waals surface area contributed by atoms with Crippen LogP contribution in [-0.4, -0.2) is 17.5 Å². The van der Waals surface area contributed by atoms with E-state index >= 15 is 0 Å². The molecule has 3 heteroatoms. The first kappa shape index (κ1) is 10.6. The summed E-state index contributed by atoms with van der Waals surface area (Å²) in [5.41, 5.74) is 2.46. The molecule has 0 atom stereocenters. The molecule has 0 aromatic heterocycles. The summed E-state index contributed by atoms with van der Waals surface area (Å²) in [5.74, 6) is 0.797. The lowest BCUT2D eigenvalue weighted by Crippen LogP contribution is -2.03. The van der Waals surface area contributed by atoms with E-state index in [9.17, 15) is 0 Å². The monoisotopic (exact) mass is 193 g/mol. The number of benzene rings is 1. The Morgan fingerprint density at radius 3 is 2.79 bits per heavy atom. The van der Waals surface area contributed by atoms with Crippen molar-refractivity contribution in [1.82, 2.24) is 0 Å². The van der Waals surface area contributed by atoms with Gasteiger partial charge in [0, 0.05) is 5.56 Å². The average Bonchev–Trinajstić information content (AvgIpc) is 2.20. The van der Waals surface area contributed by atoms with E-state index in [-0.39, 0.29) is 0 Å². The topological polar surface area (TPSA) is 41.8 Å². The van der Waals surface area contributed by atoms with Crippen LogP contribution in [0, 0.1) is 6.92 Å². The Labute approximate surface area is 84.0 Å². The van der Waals surface area contributed by atoms with E-state index in [1.807, 2.05) is 32.0 Å². The largest absolute Gasteiger partial charge is 0.493 e. The fraction of sp³-hybridized carbons (Fsp3) is 0.364. The maximum Gasteiger partial charge on any atom is 0.131 e. The van der Waals surface area contributed by atoms with Crippen LogP contribution in [0.2, 0.25) is 0 Å². The highest BCUT2D eigenvalue weighted by atomic mass is 16.5. The van der Waals surface area contributed by atoms with Gasteiger partial charge in [-0.25, -0.2) is 0 Å². The summed E-state index contributed by atoms with van der Waals surface area (Å²) in [5, 5.41) is 11.9. The molecule has 1 rings (SSSR count). The molecule has 1 N–H and O–H groups in total. The van der Waals surface area contributed by atoms with Gasteiger partial charge in [0.05, 0.1) is 12.3 Å². The van der Waals surface area contributed by atoms with Gasteiger partial charge in [-0.3, -0.25) is 0 Å². The second-order valence-electron chi connectivity index (χ2n) is 3.07. The summed E-state index contributed by atoms with van der Waals surface area (Å²) < 4.78 is 5.50. The molecule has 0 fully saturated rings. The molecule has 0 bridgehead atoms. The molecule has 0 spiro atoms. The van der Waals surface area contributed by atoms with Crippen LogP contribution in [0.1, 0.15) is 25.0 Å². The Balaban J connectivity index is 3.21. The van der Waals surface area contributed by atoms with Gasteiger partial charge in [0.15, 0.2) is 0 Å². The van der Waals surface area contributed by atoms with E-state index in [0.717, 1.165) is 16.9 Å². The zero-order valence-electron chi connectivity index (χ0n) is 8.74. The van der Waals surface area contributed by atoms with Crippen LogP contribution in [0.4, 0.5) is 0 Å². The molecule has 0 amide bonds. The Morgan fingerprint density at radius 2 is 2.21 bits per heavy atom. The number of nitrogens with zero attached hydrogens (tertiary/aromatic N) is 1. The molecular formula is C11H15NO2. The van der Waals surface area contributed by atoms with Crippen molar-refractivity contribution in [1.29, 1.82) is 0 Å².